The largest absolute Gasteiger partial charge is 0.487 e. The Hall–Kier alpha value is -2.39. The molecule has 2 rings (SSSR count). The van der Waals surface area contributed by atoms with Crippen molar-refractivity contribution in [2.45, 2.75) is 13.5 Å². The zero-order valence-corrected chi connectivity index (χ0v) is 10.3. The molecule has 0 saturated carbocycles. The van der Waals surface area contributed by atoms with Crippen LogP contribution in [0.4, 0.5) is 4.39 Å². The molecule has 0 aliphatic rings. The number of hydrogen-bond donors (Lipinski definition) is 1. The van der Waals surface area contributed by atoms with Gasteiger partial charge in [-0.05, 0) is 19.1 Å². The molecule has 0 amide bonds. The van der Waals surface area contributed by atoms with Crippen LogP contribution >= 0.6 is 0 Å². The number of nitrogens with zero attached hydrogens (tertiary/aromatic N) is 2. The van der Waals surface area contributed by atoms with Crippen molar-refractivity contribution < 1.29 is 13.8 Å². The zero-order valence-electron chi connectivity index (χ0n) is 10.3. The van der Waals surface area contributed by atoms with E-state index in [1.807, 2.05) is 0 Å². The molecule has 1 aromatic heterocycles. The summed E-state index contributed by atoms with van der Waals surface area (Å²) in [4.78, 5) is 0. The van der Waals surface area contributed by atoms with Crippen LogP contribution in [-0.2, 0) is 6.61 Å². The van der Waals surface area contributed by atoms with Crippen LogP contribution in [0, 0.1) is 24.6 Å². The average molecular weight is 261 g/mol. The van der Waals surface area contributed by atoms with Gasteiger partial charge in [0.1, 0.15) is 29.6 Å². The number of benzene rings is 1. The average Bonchev–Trinajstić information content (AvgIpc) is 2.79. The molecule has 0 aliphatic carbocycles. The van der Waals surface area contributed by atoms with Crippen molar-refractivity contribution in [2.75, 3.05) is 6.54 Å². The van der Waals surface area contributed by atoms with E-state index >= 15 is 0 Å². The Morgan fingerprint density at radius 1 is 1.37 bits per heavy atom. The van der Waals surface area contributed by atoms with Gasteiger partial charge >= 0.3 is 0 Å². The molecule has 2 N–H and O–H groups in total. The van der Waals surface area contributed by atoms with Gasteiger partial charge in [0.05, 0.1) is 6.54 Å². The summed E-state index contributed by atoms with van der Waals surface area (Å²) in [6.07, 6.45) is 0. The summed E-state index contributed by atoms with van der Waals surface area (Å²) >= 11 is 0. The van der Waals surface area contributed by atoms with E-state index in [1.54, 1.807) is 13.0 Å². The predicted octanol–water partition coefficient (Wildman–Crippen LogP) is 1.41. The molecule has 1 aromatic carbocycles. The highest BCUT2D eigenvalue weighted by Crippen LogP contribution is 2.17. The highest BCUT2D eigenvalue weighted by atomic mass is 19.1. The Balaban J connectivity index is 2.12. The van der Waals surface area contributed by atoms with Crippen molar-refractivity contribution in [1.82, 2.24) is 10.3 Å². The first kappa shape index (κ1) is 13.1. The van der Waals surface area contributed by atoms with E-state index in [4.69, 9.17) is 10.5 Å². The van der Waals surface area contributed by atoms with E-state index < -0.39 is 5.82 Å². The van der Waals surface area contributed by atoms with Crippen molar-refractivity contribution >= 4 is 0 Å². The second-order valence-corrected chi connectivity index (χ2v) is 3.77. The third kappa shape index (κ3) is 3.53. The number of aromatic nitrogens is 2. The van der Waals surface area contributed by atoms with Crippen LogP contribution in [0.25, 0.3) is 0 Å². The Bertz CT molecular complexity index is 628. The molecule has 5 nitrogen and oxygen atoms in total. The first-order valence-corrected chi connectivity index (χ1v) is 5.59. The van der Waals surface area contributed by atoms with Crippen LogP contribution in [0.5, 0.6) is 5.75 Å². The number of aryl methyl sites for hydroxylation is 1. The standard InChI is InChI=1S/C13H12FN3O2/c1-9-13(17-19-16-9)8-18-12-6-10(3-2-4-15)5-11(14)7-12/h5-7H,4,8,15H2,1H3. The first-order valence-electron chi connectivity index (χ1n) is 5.59. The summed E-state index contributed by atoms with van der Waals surface area (Å²) in [5.41, 5.74) is 6.98. The van der Waals surface area contributed by atoms with Gasteiger partial charge < -0.3 is 10.5 Å². The lowest BCUT2D eigenvalue weighted by Crippen LogP contribution is -1.98. The van der Waals surface area contributed by atoms with Crippen molar-refractivity contribution in [3.63, 3.8) is 0 Å². The Morgan fingerprint density at radius 2 is 2.21 bits per heavy atom. The minimum atomic E-state index is -0.422. The summed E-state index contributed by atoms with van der Waals surface area (Å²) in [6.45, 7) is 2.12. The Kier molecular flexibility index (Phi) is 4.11. The van der Waals surface area contributed by atoms with Crippen LogP contribution in [0.15, 0.2) is 22.8 Å². The summed E-state index contributed by atoms with van der Waals surface area (Å²) < 4.78 is 23.3. The SMILES string of the molecule is Cc1nonc1COc1cc(F)cc(C#CCN)c1. The van der Waals surface area contributed by atoms with Crippen molar-refractivity contribution in [3.05, 3.63) is 41.0 Å². The fourth-order valence-corrected chi connectivity index (χ4v) is 1.40. The summed E-state index contributed by atoms with van der Waals surface area (Å²) in [5.74, 6) is 5.35. The first-order chi connectivity index (χ1) is 9.19. The molecule has 0 aliphatic heterocycles. The molecule has 0 spiro atoms. The normalized spacial score (nSPS) is 9.84. The number of rotatable bonds is 3. The number of halogens is 1. The fraction of sp³-hybridized carbons (Fsp3) is 0.231. The van der Waals surface area contributed by atoms with Gasteiger partial charge in [-0.15, -0.1) is 0 Å². The van der Waals surface area contributed by atoms with Crippen LogP contribution < -0.4 is 10.5 Å². The second-order valence-electron chi connectivity index (χ2n) is 3.77. The molecule has 19 heavy (non-hydrogen) atoms. The molecule has 2 aromatic rings. The van der Waals surface area contributed by atoms with Gasteiger partial charge in [-0.25, -0.2) is 9.02 Å². The lowest BCUT2D eigenvalue weighted by Gasteiger charge is -2.05. The topological polar surface area (TPSA) is 74.2 Å². The van der Waals surface area contributed by atoms with Crippen molar-refractivity contribution in [2.24, 2.45) is 5.73 Å². The second kappa shape index (κ2) is 5.98. The minimum Gasteiger partial charge on any atom is -0.487 e. The van der Waals surface area contributed by atoms with Gasteiger partial charge in [0.15, 0.2) is 0 Å². The molecule has 0 saturated heterocycles. The molecular formula is C13H12FN3O2. The van der Waals surface area contributed by atoms with Crippen LogP contribution in [0.2, 0.25) is 0 Å². The van der Waals surface area contributed by atoms with Gasteiger partial charge in [-0.2, -0.15) is 0 Å². The van der Waals surface area contributed by atoms with Gasteiger partial charge in [0, 0.05) is 11.6 Å². The Morgan fingerprint density at radius 3 is 2.89 bits per heavy atom. The maximum atomic E-state index is 13.4. The van der Waals surface area contributed by atoms with Gasteiger partial charge in [0.25, 0.3) is 0 Å². The van der Waals surface area contributed by atoms with E-state index in [1.165, 1.54) is 12.1 Å². The fourth-order valence-electron chi connectivity index (χ4n) is 1.40. The predicted molar refractivity (Wildman–Crippen MR) is 65.7 cm³/mol. The van der Waals surface area contributed by atoms with E-state index in [2.05, 4.69) is 26.8 Å². The van der Waals surface area contributed by atoms with Gasteiger partial charge in [0.2, 0.25) is 0 Å². The van der Waals surface area contributed by atoms with Gasteiger partial charge in [-0.3, -0.25) is 0 Å². The Labute approximate surface area is 109 Å². The zero-order chi connectivity index (χ0) is 13.7. The van der Waals surface area contributed by atoms with Crippen molar-refractivity contribution in [3.8, 4) is 17.6 Å². The molecule has 0 radical (unpaired) electrons. The quantitative estimate of drug-likeness (QED) is 0.845. The molecular weight excluding hydrogens is 249 g/mol. The van der Waals surface area contributed by atoms with Crippen LogP contribution in [0.1, 0.15) is 17.0 Å². The summed E-state index contributed by atoms with van der Waals surface area (Å²) in [7, 11) is 0. The summed E-state index contributed by atoms with van der Waals surface area (Å²) in [6, 6.07) is 4.23. The van der Waals surface area contributed by atoms with Crippen molar-refractivity contribution in [1.29, 1.82) is 0 Å². The van der Waals surface area contributed by atoms with E-state index in [0.717, 1.165) is 0 Å². The highest BCUT2D eigenvalue weighted by molar-refractivity contribution is 5.40. The lowest BCUT2D eigenvalue weighted by atomic mass is 10.2. The van der Waals surface area contributed by atoms with E-state index in [9.17, 15) is 4.39 Å². The number of hydrogen-bond acceptors (Lipinski definition) is 5. The molecule has 0 fully saturated rings. The molecule has 6 heteroatoms. The molecule has 98 valence electrons. The van der Waals surface area contributed by atoms with Crippen LogP contribution in [0.3, 0.4) is 0 Å². The molecule has 0 unspecified atom stereocenters. The van der Waals surface area contributed by atoms with E-state index in [0.29, 0.717) is 22.7 Å². The smallest absolute Gasteiger partial charge is 0.145 e. The molecule has 1 heterocycles. The summed E-state index contributed by atoms with van der Waals surface area (Å²) in [5, 5.41) is 7.30. The lowest BCUT2D eigenvalue weighted by molar-refractivity contribution is 0.269. The number of ether oxygens (including phenoxy) is 1. The van der Waals surface area contributed by atoms with Gasteiger partial charge in [-0.1, -0.05) is 22.2 Å². The van der Waals surface area contributed by atoms with Crippen LogP contribution in [-0.4, -0.2) is 16.9 Å². The third-order valence-corrected chi connectivity index (χ3v) is 2.33. The maximum absolute atomic E-state index is 13.4. The molecule has 0 atom stereocenters. The number of nitrogens with two attached hydrogens (primary N) is 1. The highest BCUT2D eigenvalue weighted by Gasteiger charge is 2.07. The maximum Gasteiger partial charge on any atom is 0.145 e. The monoisotopic (exact) mass is 261 g/mol. The van der Waals surface area contributed by atoms with E-state index in [-0.39, 0.29) is 13.2 Å². The third-order valence-electron chi connectivity index (χ3n) is 2.33. The molecule has 0 bridgehead atoms. The minimum absolute atomic E-state index is 0.155.